The predicted octanol–water partition coefficient (Wildman–Crippen LogP) is 2.29. The minimum Gasteiger partial charge on any atom is -0.236 e. The summed E-state index contributed by atoms with van der Waals surface area (Å²) in [6.07, 6.45) is -2.80. The molecule has 0 aliphatic carbocycles. The third-order valence-corrected chi connectivity index (χ3v) is 1.91. The van der Waals surface area contributed by atoms with Crippen LogP contribution in [0.25, 0.3) is 0 Å². The highest BCUT2D eigenvalue weighted by atomic mass is 31.1. The lowest BCUT2D eigenvalue weighted by Crippen LogP contribution is -2.07. The van der Waals surface area contributed by atoms with Crippen molar-refractivity contribution in [3.8, 4) is 0 Å². The van der Waals surface area contributed by atoms with Crippen molar-refractivity contribution in [3.63, 3.8) is 0 Å². The van der Waals surface area contributed by atoms with Gasteiger partial charge in [-0.05, 0) is 13.3 Å². The number of hydrogen-bond donors (Lipinski definition) is 0. The topological polar surface area (TPSA) is 0 Å². The zero-order valence-electron chi connectivity index (χ0n) is 4.74. The van der Waals surface area contributed by atoms with Gasteiger partial charge in [0.2, 0.25) is 0 Å². The molecule has 0 radical (unpaired) electrons. The molecule has 0 aliphatic heterocycles. The smallest absolute Gasteiger partial charge is 0.236 e. The lowest BCUT2D eigenvalue weighted by Gasteiger charge is -2.09. The second-order valence-electron chi connectivity index (χ2n) is 1.67. The first-order valence-corrected chi connectivity index (χ1v) is 4.45. The highest BCUT2D eigenvalue weighted by Crippen LogP contribution is 2.36. The minimum absolute atomic E-state index is 1.12. The molecule has 8 heavy (non-hydrogen) atoms. The molecule has 0 fully saturated rings. The van der Waals surface area contributed by atoms with Crippen LogP contribution in [-0.4, -0.2) is 25.7 Å². The third-order valence-electron chi connectivity index (χ3n) is 0.701. The Hall–Kier alpha value is 0.220. The van der Waals surface area contributed by atoms with Gasteiger partial charge in [0.25, 0.3) is 6.43 Å². The molecule has 0 bridgehead atoms. The number of alkyl halides is 3. The number of halogens is 3. The zero-order valence-corrected chi connectivity index (χ0v) is 5.63. The van der Waals surface area contributed by atoms with Crippen LogP contribution in [0, 0.1) is 0 Å². The molecule has 1 unspecified atom stereocenters. The van der Waals surface area contributed by atoms with E-state index in [-0.39, 0.29) is 0 Å². The van der Waals surface area contributed by atoms with Crippen molar-refractivity contribution in [2.24, 2.45) is 0 Å². The standard InChI is InChI=1S/C4H8F3P/c1-8(2)4(7)3(5)6/h3-4H,1-2H3. The summed E-state index contributed by atoms with van der Waals surface area (Å²) in [5.74, 6) is -1.90. The molecule has 0 saturated heterocycles. The molecule has 0 saturated carbocycles. The highest BCUT2D eigenvalue weighted by Gasteiger charge is 2.21. The summed E-state index contributed by atoms with van der Waals surface area (Å²) in [5.41, 5.74) is 0. The predicted molar refractivity (Wildman–Crippen MR) is 29.7 cm³/mol. The van der Waals surface area contributed by atoms with E-state index in [1.54, 1.807) is 0 Å². The Labute approximate surface area is 47.8 Å². The quantitative estimate of drug-likeness (QED) is 0.521. The van der Waals surface area contributed by atoms with Crippen molar-refractivity contribution in [1.82, 2.24) is 0 Å². The first-order chi connectivity index (χ1) is 3.55. The van der Waals surface area contributed by atoms with Crippen LogP contribution in [0.2, 0.25) is 0 Å². The summed E-state index contributed by atoms with van der Waals surface area (Å²) in [6.45, 7) is 2.98. The molecular weight excluding hydrogens is 136 g/mol. The van der Waals surface area contributed by atoms with Crippen LogP contribution in [0.1, 0.15) is 0 Å². The molecule has 0 aromatic heterocycles. The first kappa shape index (κ1) is 8.22. The lowest BCUT2D eigenvalue weighted by atomic mass is 10.8. The van der Waals surface area contributed by atoms with E-state index in [2.05, 4.69) is 0 Å². The molecule has 0 nitrogen and oxygen atoms in total. The van der Waals surface area contributed by atoms with Crippen LogP contribution in [0.5, 0.6) is 0 Å². The molecule has 0 amide bonds. The molecule has 0 rings (SSSR count). The van der Waals surface area contributed by atoms with Gasteiger partial charge in [0.05, 0.1) is 0 Å². The SMILES string of the molecule is CP(C)C(F)C(F)F. The average Bonchev–Trinajstić information content (AvgIpc) is 1.64. The van der Waals surface area contributed by atoms with Crippen LogP contribution in [-0.2, 0) is 0 Å². The van der Waals surface area contributed by atoms with Crippen LogP contribution < -0.4 is 0 Å². The third kappa shape index (κ3) is 2.51. The highest BCUT2D eigenvalue weighted by molar-refractivity contribution is 7.56. The van der Waals surface area contributed by atoms with Crippen molar-refractivity contribution >= 4 is 7.92 Å². The van der Waals surface area contributed by atoms with Crippen LogP contribution >= 0.6 is 7.92 Å². The van der Waals surface area contributed by atoms with E-state index in [1.165, 1.54) is 13.3 Å². The normalized spacial score (nSPS) is 15.4. The van der Waals surface area contributed by atoms with E-state index < -0.39 is 20.3 Å². The molecule has 50 valence electrons. The van der Waals surface area contributed by atoms with Gasteiger partial charge >= 0.3 is 0 Å². The maximum absolute atomic E-state index is 11.9. The average molecular weight is 144 g/mol. The van der Waals surface area contributed by atoms with Crippen molar-refractivity contribution in [2.45, 2.75) is 12.3 Å². The summed E-state index contributed by atoms with van der Waals surface area (Å²) >= 11 is 0. The van der Waals surface area contributed by atoms with Crippen LogP contribution in [0.4, 0.5) is 13.2 Å². The van der Waals surface area contributed by atoms with Crippen LogP contribution in [0.15, 0.2) is 0 Å². The number of hydrogen-bond acceptors (Lipinski definition) is 0. The summed E-state index contributed by atoms with van der Waals surface area (Å²) < 4.78 is 34.6. The summed E-state index contributed by atoms with van der Waals surface area (Å²) in [7, 11) is -1.12. The molecule has 0 aromatic carbocycles. The maximum Gasteiger partial charge on any atom is 0.273 e. The lowest BCUT2D eigenvalue weighted by molar-refractivity contribution is 0.0927. The van der Waals surface area contributed by atoms with Crippen LogP contribution in [0.3, 0.4) is 0 Å². The fourth-order valence-electron chi connectivity index (χ4n) is 0.225. The Morgan fingerprint density at radius 3 is 1.50 bits per heavy atom. The van der Waals surface area contributed by atoms with Gasteiger partial charge in [-0.15, -0.1) is 0 Å². The Morgan fingerprint density at radius 2 is 1.50 bits per heavy atom. The van der Waals surface area contributed by atoms with Crippen molar-refractivity contribution < 1.29 is 13.2 Å². The summed E-state index contributed by atoms with van der Waals surface area (Å²) in [5, 5.41) is 0. The maximum atomic E-state index is 11.9. The van der Waals surface area contributed by atoms with E-state index in [1.807, 2.05) is 0 Å². The van der Waals surface area contributed by atoms with E-state index in [9.17, 15) is 13.2 Å². The van der Waals surface area contributed by atoms with E-state index in [4.69, 9.17) is 0 Å². The van der Waals surface area contributed by atoms with E-state index in [0.717, 1.165) is 0 Å². The Balaban J connectivity index is 3.46. The second-order valence-corrected chi connectivity index (χ2v) is 4.09. The Kier molecular flexibility index (Phi) is 3.38. The van der Waals surface area contributed by atoms with Crippen molar-refractivity contribution in [3.05, 3.63) is 0 Å². The largest absolute Gasteiger partial charge is 0.273 e. The molecule has 0 N–H and O–H groups in total. The summed E-state index contributed by atoms with van der Waals surface area (Å²) in [4.78, 5) is 0. The van der Waals surface area contributed by atoms with Gasteiger partial charge in [0, 0.05) is 0 Å². The second kappa shape index (κ2) is 3.29. The zero-order chi connectivity index (χ0) is 6.73. The van der Waals surface area contributed by atoms with Crippen molar-refractivity contribution in [2.75, 3.05) is 13.3 Å². The van der Waals surface area contributed by atoms with Gasteiger partial charge in [0.15, 0.2) is 5.91 Å². The Bertz CT molecular complexity index is 56.3. The molecular formula is C4H8F3P. The fraction of sp³-hybridized carbons (Fsp3) is 1.00. The van der Waals surface area contributed by atoms with E-state index >= 15 is 0 Å². The van der Waals surface area contributed by atoms with Crippen molar-refractivity contribution in [1.29, 1.82) is 0 Å². The summed E-state index contributed by atoms with van der Waals surface area (Å²) in [6, 6.07) is 0. The number of rotatable bonds is 2. The monoisotopic (exact) mass is 144 g/mol. The van der Waals surface area contributed by atoms with E-state index in [0.29, 0.717) is 0 Å². The van der Waals surface area contributed by atoms with Gasteiger partial charge in [-0.2, -0.15) is 0 Å². The molecule has 0 spiro atoms. The van der Waals surface area contributed by atoms with Gasteiger partial charge < -0.3 is 0 Å². The van der Waals surface area contributed by atoms with Gasteiger partial charge in [0.1, 0.15) is 0 Å². The fourth-order valence-corrected chi connectivity index (χ4v) is 0.676. The molecule has 0 aromatic rings. The van der Waals surface area contributed by atoms with Gasteiger partial charge in [-0.1, -0.05) is 7.92 Å². The molecule has 4 heteroatoms. The Morgan fingerprint density at radius 1 is 1.12 bits per heavy atom. The molecule has 1 atom stereocenters. The minimum atomic E-state index is -2.80. The molecule has 0 heterocycles. The van der Waals surface area contributed by atoms with Gasteiger partial charge in [-0.3, -0.25) is 0 Å². The first-order valence-electron chi connectivity index (χ1n) is 2.14. The van der Waals surface area contributed by atoms with Gasteiger partial charge in [-0.25, -0.2) is 13.2 Å². The molecule has 0 aliphatic rings.